The van der Waals surface area contributed by atoms with Gasteiger partial charge in [0.2, 0.25) is 0 Å². The molecule has 0 amide bonds. The summed E-state index contributed by atoms with van der Waals surface area (Å²) in [6, 6.07) is 1.86. The van der Waals surface area contributed by atoms with E-state index in [1.807, 2.05) is 6.07 Å². The smallest absolute Gasteiger partial charge is 0.199 e. The lowest BCUT2D eigenvalue weighted by Crippen LogP contribution is -2.08. The highest BCUT2D eigenvalue weighted by Gasteiger charge is 2.25. The lowest BCUT2D eigenvalue weighted by Gasteiger charge is -2.15. The highest BCUT2D eigenvalue weighted by molar-refractivity contribution is 9.11. The molecule has 4 nitrogen and oxygen atoms in total. The largest absolute Gasteiger partial charge is 0.460 e. The van der Waals surface area contributed by atoms with E-state index in [1.54, 1.807) is 6.26 Å². The zero-order valence-electron chi connectivity index (χ0n) is 11.8. The van der Waals surface area contributed by atoms with Crippen molar-refractivity contribution in [2.45, 2.75) is 38.5 Å². The van der Waals surface area contributed by atoms with Gasteiger partial charge < -0.3 is 9.73 Å². The summed E-state index contributed by atoms with van der Waals surface area (Å²) in [7, 11) is 0. The highest BCUT2D eigenvalue weighted by atomic mass is 79.9. The third-order valence-electron chi connectivity index (χ3n) is 3.78. The number of aromatic nitrogens is 2. The minimum atomic E-state index is 0.507. The average molecular weight is 415 g/mol. The summed E-state index contributed by atoms with van der Waals surface area (Å²) >= 11 is 7.17. The topological polar surface area (TPSA) is 51.0 Å². The van der Waals surface area contributed by atoms with Crippen LogP contribution in [0.5, 0.6) is 0 Å². The van der Waals surface area contributed by atoms with Crippen LogP contribution in [0.15, 0.2) is 25.7 Å². The standard InChI is InChI=1S/C15H17Br2N3O/c1-2-18-14-11(17)12(9-5-3-4-6-9)19-15(20-14)13-10(16)7-8-21-13/h7-9H,2-6H2,1H3,(H,18,19,20). The minimum Gasteiger partial charge on any atom is -0.460 e. The average Bonchev–Trinajstić information content (AvgIpc) is 3.13. The van der Waals surface area contributed by atoms with Gasteiger partial charge in [-0.05, 0) is 57.7 Å². The Hall–Kier alpha value is -0.880. The van der Waals surface area contributed by atoms with Crippen molar-refractivity contribution < 1.29 is 4.42 Å². The zero-order chi connectivity index (χ0) is 14.8. The van der Waals surface area contributed by atoms with Gasteiger partial charge in [0, 0.05) is 12.5 Å². The molecule has 2 aromatic rings. The molecule has 0 aliphatic heterocycles. The molecule has 0 unspecified atom stereocenters. The first-order valence-electron chi connectivity index (χ1n) is 7.25. The molecule has 1 aliphatic rings. The Morgan fingerprint density at radius 1 is 1.29 bits per heavy atom. The van der Waals surface area contributed by atoms with Crippen molar-refractivity contribution in [1.29, 1.82) is 0 Å². The Morgan fingerprint density at radius 3 is 2.67 bits per heavy atom. The summed E-state index contributed by atoms with van der Waals surface area (Å²) in [6.45, 7) is 2.88. The molecule has 1 N–H and O–H groups in total. The van der Waals surface area contributed by atoms with Crippen LogP contribution in [0.3, 0.4) is 0 Å². The molecule has 21 heavy (non-hydrogen) atoms. The van der Waals surface area contributed by atoms with Crippen LogP contribution in [-0.2, 0) is 0 Å². The number of nitrogens with one attached hydrogen (secondary N) is 1. The van der Waals surface area contributed by atoms with Crippen molar-refractivity contribution in [3.63, 3.8) is 0 Å². The van der Waals surface area contributed by atoms with E-state index in [-0.39, 0.29) is 0 Å². The van der Waals surface area contributed by atoms with E-state index >= 15 is 0 Å². The van der Waals surface area contributed by atoms with Crippen LogP contribution in [0.2, 0.25) is 0 Å². The van der Waals surface area contributed by atoms with Crippen LogP contribution in [-0.4, -0.2) is 16.5 Å². The van der Waals surface area contributed by atoms with E-state index in [9.17, 15) is 0 Å². The SMILES string of the molecule is CCNc1nc(-c2occc2Br)nc(C2CCCC2)c1Br. The molecule has 2 heterocycles. The number of hydrogen-bond donors (Lipinski definition) is 1. The third-order valence-corrected chi connectivity index (χ3v) is 5.19. The Labute approximate surface area is 141 Å². The molecule has 0 spiro atoms. The monoisotopic (exact) mass is 413 g/mol. The molecule has 0 atom stereocenters. The van der Waals surface area contributed by atoms with E-state index in [2.05, 4.69) is 49.1 Å². The van der Waals surface area contributed by atoms with Gasteiger partial charge in [0.25, 0.3) is 0 Å². The van der Waals surface area contributed by atoms with Gasteiger partial charge in [-0.2, -0.15) is 0 Å². The molecule has 2 aromatic heterocycles. The van der Waals surface area contributed by atoms with Crippen molar-refractivity contribution in [3.8, 4) is 11.6 Å². The van der Waals surface area contributed by atoms with Gasteiger partial charge in [-0.25, -0.2) is 9.97 Å². The minimum absolute atomic E-state index is 0.507. The molecule has 6 heteroatoms. The van der Waals surface area contributed by atoms with E-state index in [0.29, 0.717) is 17.5 Å². The van der Waals surface area contributed by atoms with Crippen molar-refractivity contribution in [3.05, 3.63) is 27.0 Å². The second-order valence-electron chi connectivity index (χ2n) is 5.20. The van der Waals surface area contributed by atoms with Gasteiger partial charge in [-0.1, -0.05) is 12.8 Å². The van der Waals surface area contributed by atoms with Crippen molar-refractivity contribution in [2.75, 3.05) is 11.9 Å². The molecule has 112 valence electrons. The molecule has 3 rings (SSSR count). The van der Waals surface area contributed by atoms with Gasteiger partial charge in [-0.3, -0.25) is 0 Å². The van der Waals surface area contributed by atoms with E-state index in [1.165, 1.54) is 25.7 Å². The maximum atomic E-state index is 5.53. The maximum Gasteiger partial charge on any atom is 0.199 e. The quantitative estimate of drug-likeness (QED) is 0.732. The number of rotatable bonds is 4. The Bertz CT molecular complexity index is 636. The van der Waals surface area contributed by atoms with Gasteiger partial charge in [0.1, 0.15) is 5.82 Å². The molecule has 0 radical (unpaired) electrons. The van der Waals surface area contributed by atoms with E-state index < -0.39 is 0 Å². The number of hydrogen-bond acceptors (Lipinski definition) is 4. The van der Waals surface area contributed by atoms with Crippen LogP contribution in [0.4, 0.5) is 5.82 Å². The normalized spacial score (nSPS) is 15.6. The summed E-state index contributed by atoms with van der Waals surface area (Å²) in [4.78, 5) is 9.38. The van der Waals surface area contributed by atoms with Crippen LogP contribution in [0, 0.1) is 0 Å². The van der Waals surface area contributed by atoms with Gasteiger partial charge in [-0.15, -0.1) is 0 Å². The molecular weight excluding hydrogens is 398 g/mol. The highest BCUT2D eigenvalue weighted by Crippen LogP contribution is 2.40. The summed E-state index contributed by atoms with van der Waals surface area (Å²) < 4.78 is 7.39. The van der Waals surface area contributed by atoms with Gasteiger partial charge in [0.15, 0.2) is 11.6 Å². The molecule has 0 bridgehead atoms. The lowest BCUT2D eigenvalue weighted by molar-refractivity contribution is 0.574. The summed E-state index contributed by atoms with van der Waals surface area (Å²) in [5, 5.41) is 3.31. The number of nitrogens with zero attached hydrogens (tertiary/aromatic N) is 2. The van der Waals surface area contributed by atoms with Crippen LogP contribution in [0.1, 0.15) is 44.2 Å². The van der Waals surface area contributed by atoms with E-state index in [0.717, 1.165) is 27.0 Å². The molecule has 1 aliphatic carbocycles. The second kappa shape index (κ2) is 6.48. The number of anilines is 1. The summed E-state index contributed by atoms with van der Waals surface area (Å²) in [6.07, 6.45) is 6.59. The predicted octanol–water partition coefficient (Wildman–Crippen LogP) is 5.35. The summed E-state index contributed by atoms with van der Waals surface area (Å²) in [5.41, 5.74) is 1.09. The molecule has 0 saturated heterocycles. The number of furan rings is 1. The van der Waals surface area contributed by atoms with Gasteiger partial charge >= 0.3 is 0 Å². The number of halogens is 2. The van der Waals surface area contributed by atoms with Crippen molar-refractivity contribution >= 4 is 37.7 Å². The van der Waals surface area contributed by atoms with E-state index in [4.69, 9.17) is 9.40 Å². The lowest BCUT2D eigenvalue weighted by atomic mass is 10.0. The molecule has 1 fully saturated rings. The first-order chi connectivity index (χ1) is 10.2. The van der Waals surface area contributed by atoms with Crippen LogP contribution in [0.25, 0.3) is 11.6 Å². The fourth-order valence-corrected chi connectivity index (χ4v) is 3.79. The third kappa shape index (κ3) is 3.01. The van der Waals surface area contributed by atoms with Crippen LogP contribution >= 0.6 is 31.9 Å². The van der Waals surface area contributed by atoms with Crippen molar-refractivity contribution in [1.82, 2.24) is 9.97 Å². The van der Waals surface area contributed by atoms with Gasteiger partial charge in [0.05, 0.1) is 20.9 Å². The molecule has 0 aromatic carbocycles. The first kappa shape index (κ1) is 15.0. The Morgan fingerprint density at radius 2 is 2.05 bits per heavy atom. The van der Waals surface area contributed by atoms with Crippen molar-refractivity contribution in [2.24, 2.45) is 0 Å². The fourth-order valence-electron chi connectivity index (χ4n) is 2.77. The zero-order valence-corrected chi connectivity index (χ0v) is 15.0. The van der Waals surface area contributed by atoms with Crippen LogP contribution < -0.4 is 5.32 Å². The fraction of sp³-hybridized carbons (Fsp3) is 0.467. The predicted molar refractivity (Wildman–Crippen MR) is 90.5 cm³/mol. The Kier molecular flexibility index (Phi) is 4.64. The summed E-state index contributed by atoms with van der Waals surface area (Å²) in [5.74, 6) is 2.66. The second-order valence-corrected chi connectivity index (χ2v) is 6.85. The molecular formula is C15H17Br2N3O. The molecule has 1 saturated carbocycles. The first-order valence-corrected chi connectivity index (χ1v) is 8.84. The maximum absolute atomic E-state index is 5.53. The Balaban J connectivity index is 2.10.